The van der Waals surface area contributed by atoms with Crippen molar-refractivity contribution in [3.63, 3.8) is 0 Å². The Morgan fingerprint density at radius 2 is 1.83 bits per heavy atom. The molecule has 0 aliphatic carbocycles. The van der Waals surface area contributed by atoms with Crippen molar-refractivity contribution in [3.05, 3.63) is 57.0 Å². The van der Waals surface area contributed by atoms with Gasteiger partial charge in [0.15, 0.2) is 0 Å². The number of benzene rings is 1. The van der Waals surface area contributed by atoms with Crippen LogP contribution < -0.4 is 4.74 Å². The standard InChI is InChI=1S/C13H8F3NO5S/c14-13(15,16)22-9-3-1-8(2-4-9)7-21-12(18)10-5-6-11(23-10)17(19)20/h1-6H,7H2. The number of alkyl halides is 3. The molecule has 0 saturated carbocycles. The summed E-state index contributed by atoms with van der Waals surface area (Å²) in [5.74, 6) is -1.14. The molecule has 0 saturated heterocycles. The lowest BCUT2D eigenvalue weighted by Gasteiger charge is -2.09. The first kappa shape index (κ1) is 16.7. The van der Waals surface area contributed by atoms with Crippen LogP contribution in [0.25, 0.3) is 0 Å². The number of nitro groups is 1. The van der Waals surface area contributed by atoms with Crippen molar-refractivity contribution in [2.45, 2.75) is 13.0 Å². The van der Waals surface area contributed by atoms with Crippen molar-refractivity contribution in [3.8, 4) is 5.75 Å². The Labute approximate surface area is 131 Å². The third kappa shape index (κ3) is 4.95. The Morgan fingerprint density at radius 1 is 1.17 bits per heavy atom. The Balaban J connectivity index is 1.92. The van der Waals surface area contributed by atoms with Crippen molar-refractivity contribution >= 4 is 22.3 Å². The zero-order valence-electron chi connectivity index (χ0n) is 11.2. The van der Waals surface area contributed by atoms with E-state index in [0.717, 1.165) is 12.1 Å². The number of thiophene rings is 1. The summed E-state index contributed by atoms with van der Waals surface area (Å²) >= 11 is 0.674. The van der Waals surface area contributed by atoms with Crippen LogP contribution in [0.2, 0.25) is 0 Å². The van der Waals surface area contributed by atoms with Crippen LogP contribution in [-0.2, 0) is 11.3 Å². The van der Waals surface area contributed by atoms with Crippen LogP contribution in [0.4, 0.5) is 18.2 Å². The predicted molar refractivity (Wildman–Crippen MR) is 73.2 cm³/mol. The van der Waals surface area contributed by atoms with Crippen LogP contribution in [0.5, 0.6) is 5.75 Å². The molecule has 1 aromatic carbocycles. The van der Waals surface area contributed by atoms with E-state index in [-0.39, 0.29) is 22.2 Å². The van der Waals surface area contributed by atoms with Gasteiger partial charge in [-0.3, -0.25) is 10.1 Å². The van der Waals surface area contributed by atoms with Gasteiger partial charge in [-0.25, -0.2) is 4.79 Å². The molecule has 0 amide bonds. The molecule has 1 heterocycles. The Morgan fingerprint density at radius 3 is 2.35 bits per heavy atom. The number of carbonyl (C=O) groups is 1. The number of rotatable bonds is 5. The fourth-order valence-corrected chi connectivity index (χ4v) is 2.26. The predicted octanol–water partition coefficient (Wildman–Crippen LogP) is 3.91. The molecule has 10 heteroatoms. The molecule has 0 N–H and O–H groups in total. The highest BCUT2D eigenvalue weighted by molar-refractivity contribution is 7.17. The Hall–Kier alpha value is -2.62. The number of halogens is 3. The topological polar surface area (TPSA) is 78.7 Å². The quantitative estimate of drug-likeness (QED) is 0.465. The molecule has 0 fully saturated rings. The molecule has 0 bridgehead atoms. The zero-order valence-corrected chi connectivity index (χ0v) is 12.0. The average molecular weight is 347 g/mol. The van der Waals surface area contributed by atoms with E-state index >= 15 is 0 Å². The highest BCUT2D eigenvalue weighted by atomic mass is 32.1. The molecule has 1 aromatic heterocycles. The maximum absolute atomic E-state index is 12.0. The van der Waals surface area contributed by atoms with E-state index in [1.165, 1.54) is 24.3 Å². The lowest BCUT2D eigenvalue weighted by Crippen LogP contribution is -2.17. The smallest absolute Gasteiger partial charge is 0.457 e. The molecule has 2 rings (SSSR count). The molecule has 2 aromatic rings. The Kier molecular flexibility index (Phi) is 4.84. The maximum atomic E-state index is 12.0. The number of ether oxygens (including phenoxy) is 2. The molecule has 0 spiro atoms. The van der Waals surface area contributed by atoms with Crippen molar-refractivity contribution in [2.75, 3.05) is 0 Å². The molecule has 23 heavy (non-hydrogen) atoms. The van der Waals surface area contributed by atoms with Gasteiger partial charge < -0.3 is 9.47 Å². The number of hydrogen-bond donors (Lipinski definition) is 0. The summed E-state index contributed by atoms with van der Waals surface area (Å²) in [6.07, 6.45) is -4.78. The van der Waals surface area contributed by atoms with Crippen molar-refractivity contribution in [1.82, 2.24) is 0 Å². The molecular formula is C13H8F3NO5S. The lowest BCUT2D eigenvalue weighted by molar-refractivity contribution is -0.380. The van der Waals surface area contributed by atoms with Gasteiger partial charge in [0, 0.05) is 6.07 Å². The number of hydrogen-bond acceptors (Lipinski definition) is 6. The fraction of sp³-hybridized carbons (Fsp3) is 0.154. The summed E-state index contributed by atoms with van der Waals surface area (Å²) < 4.78 is 44.7. The van der Waals surface area contributed by atoms with Crippen molar-refractivity contribution in [2.24, 2.45) is 0 Å². The Bertz CT molecular complexity index is 711. The summed E-state index contributed by atoms with van der Waals surface area (Å²) in [7, 11) is 0. The van der Waals surface area contributed by atoms with E-state index < -0.39 is 17.3 Å². The van der Waals surface area contributed by atoms with E-state index in [1.807, 2.05) is 0 Å². The first-order valence-corrected chi connectivity index (χ1v) is 6.82. The van der Waals surface area contributed by atoms with Crippen LogP contribution in [0.3, 0.4) is 0 Å². The molecule has 6 nitrogen and oxygen atoms in total. The summed E-state index contributed by atoms with van der Waals surface area (Å²) in [6, 6.07) is 7.26. The molecule has 0 unspecified atom stereocenters. The minimum Gasteiger partial charge on any atom is -0.457 e. The van der Waals surface area contributed by atoms with Crippen molar-refractivity contribution < 1.29 is 32.4 Å². The van der Waals surface area contributed by atoms with Crippen molar-refractivity contribution in [1.29, 1.82) is 0 Å². The third-order valence-corrected chi connectivity index (χ3v) is 3.52. The third-order valence-electron chi connectivity index (χ3n) is 2.50. The first-order chi connectivity index (χ1) is 10.7. The molecule has 0 aliphatic heterocycles. The molecule has 122 valence electrons. The van der Waals surface area contributed by atoms with E-state index in [2.05, 4.69) is 4.74 Å². The van der Waals surface area contributed by atoms with E-state index in [4.69, 9.17) is 4.74 Å². The van der Waals surface area contributed by atoms with Crippen LogP contribution in [0.15, 0.2) is 36.4 Å². The van der Waals surface area contributed by atoms with E-state index in [0.29, 0.717) is 16.9 Å². The summed E-state index contributed by atoms with van der Waals surface area (Å²) in [5.41, 5.74) is 0.443. The molecule has 0 radical (unpaired) electrons. The van der Waals surface area contributed by atoms with Gasteiger partial charge in [-0.1, -0.05) is 23.5 Å². The fourth-order valence-electron chi connectivity index (χ4n) is 1.54. The minimum atomic E-state index is -4.78. The van der Waals surface area contributed by atoms with Gasteiger partial charge >= 0.3 is 17.3 Å². The lowest BCUT2D eigenvalue weighted by atomic mass is 10.2. The first-order valence-electron chi connectivity index (χ1n) is 6.00. The molecular weight excluding hydrogens is 339 g/mol. The maximum Gasteiger partial charge on any atom is 0.573 e. The molecule has 0 atom stereocenters. The second kappa shape index (κ2) is 6.65. The van der Waals surface area contributed by atoms with Gasteiger partial charge in [0.25, 0.3) is 0 Å². The van der Waals surface area contributed by atoms with Gasteiger partial charge in [0.2, 0.25) is 0 Å². The van der Waals surface area contributed by atoms with Crippen LogP contribution >= 0.6 is 11.3 Å². The highest BCUT2D eigenvalue weighted by Gasteiger charge is 2.30. The zero-order chi connectivity index (χ0) is 17.0. The van der Waals surface area contributed by atoms with E-state index in [9.17, 15) is 28.1 Å². The van der Waals surface area contributed by atoms with Gasteiger partial charge in [0.05, 0.1) is 4.92 Å². The van der Waals surface area contributed by atoms with Crippen LogP contribution in [0.1, 0.15) is 15.2 Å². The SMILES string of the molecule is O=C(OCc1ccc(OC(F)(F)F)cc1)c1ccc([N+](=O)[O-])s1. The van der Waals surface area contributed by atoms with Gasteiger partial charge in [0.1, 0.15) is 17.2 Å². The van der Waals surface area contributed by atoms with Gasteiger partial charge in [-0.2, -0.15) is 0 Å². The summed E-state index contributed by atoms with van der Waals surface area (Å²) in [4.78, 5) is 21.7. The number of nitrogens with zero attached hydrogens (tertiary/aromatic N) is 1. The average Bonchev–Trinajstić information content (AvgIpc) is 2.94. The van der Waals surface area contributed by atoms with Gasteiger partial charge in [-0.05, 0) is 23.8 Å². The minimum absolute atomic E-state index is 0.0636. The van der Waals surface area contributed by atoms with E-state index in [1.54, 1.807) is 0 Å². The van der Waals surface area contributed by atoms with Gasteiger partial charge in [-0.15, -0.1) is 13.2 Å². The largest absolute Gasteiger partial charge is 0.573 e. The summed E-state index contributed by atoms with van der Waals surface area (Å²) in [5, 5.41) is 10.3. The second-order valence-corrected chi connectivity index (χ2v) is 5.23. The molecule has 0 aliphatic rings. The normalized spacial score (nSPS) is 11.1. The second-order valence-electron chi connectivity index (χ2n) is 4.16. The monoisotopic (exact) mass is 347 g/mol. The highest BCUT2D eigenvalue weighted by Crippen LogP contribution is 2.25. The summed E-state index contributed by atoms with van der Waals surface area (Å²) in [6.45, 7) is -0.184. The van der Waals surface area contributed by atoms with Crippen LogP contribution in [0, 0.1) is 10.1 Å². The number of carbonyl (C=O) groups excluding carboxylic acids is 1. The number of esters is 1. The van der Waals surface area contributed by atoms with Crippen LogP contribution in [-0.4, -0.2) is 17.3 Å².